The molecule has 0 radical (unpaired) electrons. The van der Waals surface area contributed by atoms with E-state index < -0.39 is 6.10 Å². The second-order valence-electron chi connectivity index (χ2n) is 5.53. The number of ether oxygens (including phenoxy) is 1. The molecule has 0 spiro atoms. The summed E-state index contributed by atoms with van der Waals surface area (Å²) in [5.41, 5.74) is 1.07. The van der Waals surface area contributed by atoms with Crippen LogP contribution in [0.3, 0.4) is 0 Å². The third kappa shape index (κ3) is 8.54. The molecular formula is C16H27Cl3N2O2. The smallest absolute Gasteiger partial charge is 0.0900 e. The maximum atomic E-state index is 10.0. The lowest BCUT2D eigenvalue weighted by atomic mass is 10.2. The minimum Gasteiger partial charge on any atom is -0.389 e. The van der Waals surface area contributed by atoms with Gasteiger partial charge in [-0.05, 0) is 24.2 Å². The van der Waals surface area contributed by atoms with E-state index in [-0.39, 0.29) is 24.8 Å². The molecule has 1 aromatic rings. The van der Waals surface area contributed by atoms with Crippen LogP contribution >= 0.6 is 36.4 Å². The Morgan fingerprint density at radius 1 is 1.09 bits per heavy atom. The predicted molar refractivity (Wildman–Crippen MR) is 100 cm³/mol. The van der Waals surface area contributed by atoms with Gasteiger partial charge in [-0.1, -0.05) is 30.7 Å². The van der Waals surface area contributed by atoms with E-state index in [4.69, 9.17) is 16.3 Å². The average Bonchev–Trinajstić information content (AvgIpc) is 2.50. The van der Waals surface area contributed by atoms with Crippen LogP contribution in [-0.2, 0) is 11.3 Å². The minimum absolute atomic E-state index is 0. The van der Waals surface area contributed by atoms with Crippen LogP contribution in [0, 0.1) is 0 Å². The van der Waals surface area contributed by atoms with Crippen LogP contribution < -0.4 is 0 Å². The van der Waals surface area contributed by atoms with E-state index in [2.05, 4.69) is 16.7 Å². The Morgan fingerprint density at radius 2 is 1.65 bits per heavy atom. The summed E-state index contributed by atoms with van der Waals surface area (Å²) in [6.07, 6.45) is -0.425. The van der Waals surface area contributed by atoms with Gasteiger partial charge in [0, 0.05) is 37.7 Å². The van der Waals surface area contributed by atoms with Gasteiger partial charge in [0.05, 0.1) is 19.3 Å². The molecule has 7 heteroatoms. The fourth-order valence-corrected chi connectivity index (χ4v) is 2.66. The summed E-state index contributed by atoms with van der Waals surface area (Å²) in [4.78, 5) is 4.74. The van der Waals surface area contributed by atoms with E-state index in [0.717, 1.165) is 43.3 Å². The Bertz CT molecular complexity index is 412. The highest BCUT2D eigenvalue weighted by atomic mass is 35.5. The Hall–Kier alpha value is -0.0700. The zero-order valence-corrected chi connectivity index (χ0v) is 15.9. The van der Waals surface area contributed by atoms with Crippen LogP contribution in [0.15, 0.2) is 24.3 Å². The molecule has 134 valence electrons. The van der Waals surface area contributed by atoms with Gasteiger partial charge >= 0.3 is 0 Å². The van der Waals surface area contributed by atoms with E-state index in [1.807, 2.05) is 24.3 Å². The summed E-state index contributed by atoms with van der Waals surface area (Å²) in [6.45, 7) is 9.12. The first-order valence-electron chi connectivity index (χ1n) is 7.62. The van der Waals surface area contributed by atoms with Crippen LogP contribution in [0.2, 0.25) is 5.02 Å². The van der Waals surface area contributed by atoms with Crippen LogP contribution in [0.25, 0.3) is 0 Å². The van der Waals surface area contributed by atoms with Crippen molar-refractivity contribution in [2.75, 3.05) is 45.9 Å². The number of nitrogens with zero attached hydrogens (tertiary/aromatic N) is 2. The molecule has 1 aliphatic rings. The number of aliphatic hydroxyl groups is 1. The lowest BCUT2D eigenvalue weighted by Crippen LogP contribution is -2.48. The average molecular weight is 386 g/mol. The number of piperazine rings is 1. The topological polar surface area (TPSA) is 35.9 Å². The number of halogens is 3. The lowest BCUT2D eigenvalue weighted by molar-refractivity contribution is 0.00177. The van der Waals surface area contributed by atoms with Gasteiger partial charge < -0.3 is 14.7 Å². The number of benzene rings is 1. The van der Waals surface area contributed by atoms with Crippen molar-refractivity contribution in [2.24, 2.45) is 0 Å². The largest absolute Gasteiger partial charge is 0.389 e. The van der Waals surface area contributed by atoms with Gasteiger partial charge in [0.1, 0.15) is 0 Å². The molecule has 0 aromatic heterocycles. The number of hydrogen-bond acceptors (Lipinski definition) is 4. The zero-order valence-electron chi connectivity index (χ0n) is 13.5. The fraction of sp³-hybridized carbons (Fsp3) is 0.625. The summed E-state index contributed by atoms with van der Waals surface area (Å²) in [7, 11) is 0. The van der Waals surface area contributed by atoms with Crippen LogP contribution in [0.4, 0.5) is 0 Å². The highest BCUT2D eigenvalue weighted by Gasteiger charge is 2.18. The zero-order chi connectivity index (χ0) is 15.1. The molecule has 0 saturated carbocycles. The van der Waals surface area contributed by atoms with Crippen molar-refractivity contribution in [1.29, 1.82) is 0 Å². The lowest BCUT2D eigenvalue weighted by Gasteiger charge is -2.34. The van der Waals surface area contributed by atoms with Crippen molar-refractivity contribution in [3.63, 3.8) is 0 Å². The molecular weight excluding hydrogens is 359 g/mol. The molecule has 0 aliphatic carbocycles. The molecule has 1 heterocycles. The van der Waals surface area contributed by atoms with Crippen molar-refractivity contribution < 1.29 is 9.84 Å². The number of aliphatic hydroxyl groups excluding tert-OH is 1. The molecule has 1 aliphatic heterocycles. The highest BCUT2D eigenvalue weighted by Crippen LogP contribution is 2.10. The van der Waals surface area contributed by atoms with Crippen LogP contribution in [0.5, 0.6) is 0 Å². The molecule has 1 unspecified atom stereocenters. The summed E-state index contributed by atoms with van der Waals surface area (Å²) in [5, 5.41) is 10.8. The van der Waals surface area contributed by atoms with Gasteiger partial charge in [0.2, 0.25) is 0 Å². The molecule has 1 saturated heterocycles. The fourth-order valence-electron chi connectivity index (χ4n) is 2.53. The minimum atomic E-state index is -0.425. The molecule has 0 bridgehead atoms. The van der Waals surface area contributed by atoms with Gasteiger partial charge in [-0.2, -0.15) is 0 Å². The second-order valence-corrected chi connectivity index (χ2v) is 5.97. The van der Waals surface area contributed by atoms with Gasteiger partial charge in [0.25, 0.3) is 0 Å². The summed E-state index contributed by atoms with van der Waals surface area (Å²) < 4.78 is 5.58. The van der Waals surface area contributed by atoms with Gasteiger partial charge in [-0.3, -0.25) is 4.90 Å². The molecule has 23 heavy (non-hydrogen) atoms. The van der Waals surface area contributed by atoms with E-state index in [9.17, 15) is 5.11 Å². The monoisotopic (exact) mass is 384 g/mol. The van der Waals surface area contributed by atoms with E-state index in [0.29, 0.717) is 19.8 Å². The predicted octanol–water partition coefficient (Wildman–Crippen LogP) is 2.70. The first-order chi connectivity index (χ1) is 10.2. The first kappa shape index (κ1) is 22.9. The Balaban J connectivity index is 0.00000242. The van der Waals surface area contributed by atoms with E-state index in [1.54, 1.807) is 0 Å². The number of β-amino-alcohol motifs (C(OH)–C–C–N with tert-alkyl or cyclic N) is 1. The first-order valence-corrected chi connectivity index (χ1v) is 8.00. The third-order valence-corrected chi connectivity index (χ3v) is 4.13. The van der Waals surface area contributed by atoms with Crippen molar-refractivity contribution in [3.8, 4) is 0 Å². The van der Waals surface area contributed by atoms with Crippen molar-refractivity contribution in [3.05, 3.63) is 34.9 Å². The molecule has 1 atom stereocenters. The third-order valence-electron chi connectivity index (χ3n) is 3.87. The maximum Gasteiger partial charge on any atom is 0.0900 e. The number of hydrogen-bond donors (Lipinski definition) is 1. The molecule has 1 N–H and O–H groups in total. The Morgan fingerprint density at radius 3 is 2.22 bits per heavy atom. The second kappa shape index (κ2) is 12.3. The van der Waals surface area contributed by atoms with Gasteiger partial charge in [-0.25, -0.2) is 0 Å². The molecule has 4 nitrogen and oxygen atoms in total. The van der Waals surface area contributed by atoms with Crippen molar-refractivity contribution >= 4 is 36.4 Å². The quantitative estimate of drug-likeness (QED) is 0.783. The summed E-state index contributed by atoms with van der Waals surface area (Å²) >= 11 is 5.84. The molecule has 0 amide bonds. The Kier molecular flexibility index (Phi) is 12.3. The SMILES string of the molecule is CCN1CCN(CC(O)COCc2ccc(Cl)cc2)CC1.Cl.Cl. The van der Waals surface area contributed by atoms with Crippen molar-refractivity contribution in [1.82, 2.24) is 9.80 Å². The number of likely N-dealkylation sites (N-methyl/N-ethyl adjacent to an activating group) is 1. The van der Waals surface area contributed by atoms with Gasteiger partial charge in [0.15, 0.2) is 0 Å². The van der Waals surface area contributed by atoms with Crippen LogP contribution in [-0.4, -0.2) is 66.9 Å². The molecule has 1 fully saturated rings. The Labute approximate surface area is 156 Å². The molecule has 2 rings (SSSR count). The highest BCUT2D eigenvalue weighted by molar-refractivity contribution is 6.30. The van der Waals surface area contributed by atoms with E-state index in [1.165, 1.54) is 0 Å². The van der Waals surface area contributed by atoms with Gasteiger partial charge in [-0.15, -0.1) is 24.8 Å². The maximum absolute atomic E-state index is 10.0. The van der Waals surface area contributed by atoms with E-state index >= 15 is 0 Å². The van der Waals surface area contributed by atoms with Crippen LogP contribution in [0.1, 0.15) is 12.5 Å². The number of rotatable bonds is 7. The standard InChI is InChI=1S/C16H25ClN2O2.2ClH/c1-2-18-7-9-19(10-8-18)11-16(20)13-21-12-14-3-5-15(17)6-4-14;;/h3-6,16,20H,2,7-13H2,1H3;2*1H. The normalized spacial score (nSPS) is 17.2. The van der Waals surface area contributed by atoms with Crippen molar-refractivity contribution in [2.45, 2.75) is 19.6 Å². The summed E-state index contributed by atoms with van der Waals surface area (Å²) in [5.74, 6) is 0. The molecule has 1 aromatic carbocycles. The summed E-state index contributed by atoms with van der Waals surface area (Å²) in [6, 6.07) is 7.59.